The van der Waals surface area contributed by atoms with Crippen LogP contribution in [0.5, 0.6) is 0 Å². The van der Waals surface area contributed by atoms with Crippen molar-refractivity contribution < 1.29 is 24.1 Å². The number of aromatic nitrogens is 2. The van der Waals surface area contributed by atoms with Gasteiger partial charge in [-0.1, -0.05) is 4.98 Å². The molecule has 1 aromatic rings. The van der Waals surface area contributed by atoms with E-state index in [1.54, 1.807) is 33.9 Å². The van der Waals surface area contributed by atoms with Gasteiger partial charge in [0.25, 0.3) is 0 Å². The molecule has 1 rings (SSSR count). The number of nitrogens with one attached hydrogen (secondary N) is 2. The largest absolute Gasteiger partial charge is 0.434 e. The summed E-state index contributed by atoms with van der Waals surface area (Å²) in [5.41, 5.74) is 1.17. The molecule has 0 bridgehead atoms. The summed E-state index contributed by atoms with van der Waals surface area (Å²) < 4.78 is 7.12. The number of aryl methyl sites for hydroxylation is 1. The molecule has 0 saturated carbocycles. The van der Waals surface area contributed by atoms with Gasteiger partial charge in [0.15, 0.2) is 5.78 Å². The lowest BCUT2D eigenvalue weighted by molar-refractivity contribution is -0.396. The Hall–Kier alpha value is -2.21. The molecule has 0 fully saturated rings. The quantitative estimate of drug-likeness (QED) is 0.242. The zero-order valence-electron chi connectivity index (χ0n) is 18.6. The second kappa shape index (κ2) is 11.3. The van der Waals surface area contributed by atoms with Crippen molar-refractivity contribution in [3.8, 4) is 0 Å². The number of rotatable bonds is 15. The Morgan fingerprint density at radius 2 is 1.87 bits per heavy atom. The number of ketones is 2. The number of carbonyl (C=O) groups is 2. The highest BCUT2D eigenvalue weighted by atomic mass is 16.7. The van der Waals surface area contributed by atoms with Crippen LogP contribution in [0.15, 0.2) is 12.4 Å². The van der Waals surface area contributed by atoms with Crippen molar-refractivity contribution >= 4 is 17.5 Å². The van der Waals surface area contributed by atoms with E-state index < -0.39 is 22.1 Å². The van der Waals surface area contributed by atoms with Gasteiger partial charge >= 0.3 is 5.95 Å². The molecule has 11 nitrogen and oxygen atoms in total. The molecule has 2 N–H and O–H groups in total. The van der Waals surface area contributed by atoms with E-state index in [4.69, 9.17) is 9.57 Å². The SMILES string of the molecule is CC(=O)C(C)(C)NCC(COCCCn1ccnc1[N+](=O)[O-])ONC(C)(C)C(C)=O. The highest BCUT2D eigenvalue weighted by molar-refractivity contribution is 5.85. The van der Waals surface area contributed by atoms with Crippen molar-refractivity contribution in [2.45, 2.75) is 71.7 Å². The van der Waals surface area contributed by atoms with E-state index in [1.807, 2.05) is 0 Å². The van der Waals surface area contributed by atoms with Crippen molar-refractivity contribution in [1.29, 1.82) is 0 Å². The number of hydrogen-bond donors (Lipinski definition) is 2. The van der Waals surface area contributed by atoms with E-state index in [-0.39, 0.29) is 24.1 Å². The molecule has 0 aliphatic carbocycles. The maximum Gasteiger partial charge on any atom is 0.434 e. The number of carbonyl (C=O) groups excluding carboxylic acids is 2. The van der Waals surface area contributed by atoms with Crippen LogP contribution in [-0.4, -0.2) is 63.0 Å². The molecular weight excluding hydrogens is 394 g/mol. The molecular formula is C19H33N5O6. The average molecular weight is 428 g/mol. The predicted molar refractivity (Wildman–Crippen MR) is 110 cm³/mol. The van der Waals surface area contributed by atoms with Gasteiger partial charge in [-0.2, -0.15) is 5.48 Å². The monoisotopic (exact) mass is 427 g/mol. The van der Waals surface area contributed by atoms with E-state index in [9.17, 15) is 19.7 Å². The first kappa shape index (κ1) is 25.8. The number of ether oxygens (including phenoxy) is 1. The summed E-state index contributed by atoms with van der Waals surface area (Å²) in [6, 6.07) is 0. The number of nitro groups is 1. The summed E-state index contributed by atoms with van der Waals surface area (Å²) in [6.07, 6.45) is 3.01. The molecule has 11 heteroatoms. The molecule has 0 radical (unpaired) electrons. The lowest BCUT2D eigenvalue weighted by Gasteiger charge is -2.29. The van der Waals surface area contributed by atoms with Crippen LogP contribution >= 0.6 is 0 Å². The molecule has 0 aliphatic rings. The van der Waals surface area contributed by atoms with Crippen LogP contribution in [0.4, 0.5) is 5.95 Å². The van der Waals surface area contributed by atoms with Crippen LogP contribution in [0.3, 0.4) is 0 Å². The predicted octanol–water partition coefficient (Wildman–Crippen LogP) is 1.41. The molecule has 0 amide bonds. The third kappa shape index (κ3) is 8.27. The second-order valence-electron chi connectivity index (χ2n) is 8.19. The minimum Gasteiger partial charge on any atom is -0.390 e. The van der Waals surface area contributed by atoms with E-state index in [2.05, 4.69) is 15.8 Å². The summed E-state index contributed by atoms with van der Waals surface area (Å²) in [7, 11) is 0. The fourth-order valence-electron chi connectivity index (χ4n) is 2.13. The summed E-state index contributed by atoms with van der Waals surface area (Å²) in [6.45, 7) is 11.2. The van der Waals surface area contributed by atoms with Crippen LogP contribution in [0.25, 0.3) is 0 Å². The summed E-state index contributed by atoms with van der Waals surface area (Å²) in [5, 5.41) is 14.0. The molecule has 1 aromatic heterocycles. The zero-order valence-corrected chi connectivity index (χ0v) is 18.6. The van der Waals surface area contributed by atoms with Gasteiger partial charge in [-0.25, -0.2) is 4.57 Å². The highest BCUT2D eigenvalue weighted by Gasteiger charge is 2.28. The third-order valence-electron chi connectivity index (χ3n) is 4.86. The van der Waals surface area contributed by atoms with E-state index in [0.717, 1.165) is 0 Å². The van der Waals surface area contributed by atoms with Crippen molar-refractivity contribution in [2.24, 2.45) is 0 Å². The highest BCUT2D eigenvalue weighted by Crippen LogP contribution is 2.09. The third-order valence-corrected chi connectivity index (χ3v) is 4.86. The number of Topliss-reactive ketones (excluding diaryl/α,β-unsaturated/α-hetero) is 2. The van der Waals surface area contributed by atoms with E-state index in [1.165, 1.54) is 24.6 Å². The number of imidazole rings is 1. The lowest BCUT2D eigenvalue weighted by Crippen LogP contribution is -2.53. The first-order valence-electron chi connectivity index (χ1n) is 9.80. The number of nitrogens with zero attached hydrogens (tertiary/aromatic N) is 3. The zero-order chi connectivity index (χ0) is 22.9. The van der Waals surface area contributed by atoms with Gasteiger partial charge in [-0.15, -0.1) is 0 Å². The Kier molecular flexibility index (Phi) is 9.69. The van der Waals surface area contributed by atoms with Gasteiger partial charge < -0.3 is 20.2 Å². The van der Waals surface area contributed by atoms with Gasteiger partial charge in [0.05, 0.1) is 24.2 Å². The van der Waals surface area contributed by atoms with Gasteiger partial charge in [0, 0.05) is 19.6 Å². The molecule has 0 aliphatic heterocycles. The van der Waals surface area contributed by atoms with E-state index in [0.29, 0.717) is 26.1 Å². The van der Waals surface area contributed by atoms with Crippen molar-refractivity contribution in [1.82, 2.24) is 20.3 Å². The van der Waals surface area contributed by atoms with Gasteiger partial charge in [0.2, 0.25) is 0 Å². The minimum atomic E-state index is -0.866. The molecule has 1 unspecified atom stereocenters. The fourth-order valence-corrected chi connectivity index (χ4v) is 2.13. The second-order valence-corrected chi connectivity index (χ2v) is 8.19. The van der Waals surface area contributed by atoms with Crippen molar-refractivity contribution in [3.63, 3.8) is 0 Å². The summed E-state index contributed by atoms with van der Waals surface area (Å²) >= 11 is 0. The normalized spacial score (nSPS) is 13.3. The summed E-state index contributed by atoms with van der Waals surface area (Å²) in [5.74, 6) is -0.301. The molecule has 0 saturated heterocycles. The van der Waals surface area contributed by atoms with Crippen LogP contribution < -0.4 is 10.8 Å². The lowest BCUT2D eigenvalue weighted by atomic mass is 10.0. The van der Waals surface area contributed by atoms with Gasteiger partial charge in [0.1, 0.15) is 24.3 Å². The molecule has 1 heterocycles. The molecule has 30 heavy (non-hydrogen) atoms. The standard InChI is InChI=1S/C19H33N5O6/c1-14(25)18(3,4)21-12-16(30-22-19(5,6)15(2)26)13-29-11-7-9-23-10-8-20-17(23)24(27)28/h8,10,16,21-22H,7,9,11-13H2,1-6H3. The van der Waals surface area contributed by atoms with Gasteiger partial charge in [-0.05, 0) is 46.5 Å². The smallest absolute Gasteiger partial charge is 0.390 e. The van der Waals surface area contributed by atoms with Crippen molar-refractivity contribution in [3.05, 3.63) is 22.5 Å². The minimum absolute atomic E-state index is 0.0129. The van der Waals surface area contributed by atoms with E-state index >= 15 is 0 Å². The Bertz CT molecular complexity index is 701. The van der Waals surface area contributed by atoms with Gasteiger partial charge in [-0.3, -0.25) is 14.4 Å². The number of hydroxylamine groups is 1. The van der Waals surface area contributed by atoms with Crippen LogP contribution in [-0.2, 0) is 25.7 Å². The Labute approximate surface area is 176 Å². The molecule has 0 spiro atoms. The summed E-state index contributed by atoms with van der Waals surface area (Å²) in [4.78, 5) is 43.1. The average Bonchev–Trinajstić information content (AvgIpc) is 3.11. The van der Waals surface area contributed by atoms with Crippen LogP contribution in [0.2, 0.25) is 0 Å². The first-order valence-corrected chi connectivity index (χ1v) is 9.80. The molecule has 170 valence electrons. The topological polar surface area (TPSA) is 138 Å². The van der Waals surface area contributed by atoms with Crippen LogP contribution in [0, 0.1) is 10.1 Å². The fraction of sp³-hybridized carbons (Fsp3) is 0.737. The van der Waals surface area contributed by atoms with Crippen molar-refractivity contribution in [2.75, 3.05) is 19.8 Å². The van der Waals surface area contributed by atoms with Crippen LogP contribution in [0.1, 0.15) is 48.0 Å². The maximum absolute atomic E-state index is 11.7. The maximum atomic E-state index is 11.7. The Morgan fingerprint density at radius 1 is 1.23 bits per heavy atom. The molecule has 0 aromatic carbocycles. The molecule has 1 atom stereocenters. The Morgan fingerprint density at radius 3 is 2.43 bits per heavy atom. The first-order chi connectivity index (χ1) is 13.9. The Balaban J connectivity index is 2.55. The number of hydrogen-bond acceptors (Lipinski definition) is 9.